The second-order valence-electron chi connectivity index (χ2n) is 8.17. The van der Waals surface area contributed by atoms with Crippen molar-refractivity contribution in [1.29, 1.82) is 0 Å². The van der Waals surface area contributed by atoms with Crippen molar-refractivity contribution in [2.75, 3.05) is 46.9 Å². The number of likely N-dealkylation sites (N-methyl/N-ethyl adjacent to an activating group) is 1. The van der Waals surface area contributed by atoms with Gasteiger partial charge in [-0.25, -0.2) is 0 Å². The highest BCUT2D eigenvalue weighted by atomic mass is 127. The van der Waals surface area contributed by atoms with E-state index in [0.717, 1.165) is 44.6 Å². The Morgan fingerprint density at radius 3 is 2.48 bits per heavy atom. The summed E-state index contributed by atoms with van der Waals surface area (Å²) in [4.78, 5) is 7.03. The molecule has 31 heavy (non-hydrogen) atoms. The van der Waals surface area contributed by atoms with Crippen molar-refractivity contribution >= 4 is 29.9 Å². The minimum absolute atomic E-state index is 0. The maximum atomic E-state index is 13.0. The van der Waals surface area contributed by atoms with E-state index in [-0.39, 0.29) is 35.4 Å². The Morgan fingerprint density at radius 1 is 1.23 bits per heavy atom. The van der Waals surface area contributed by atoms with Crippen LogP contribution in [0.15, 0.2) is 29.3 Å². The number of nitrogens with one attached hydrogen (secondary N) is 2. The minimum atomic E-state index is -4.31. The highest BCUT2D eigenvalue weighted by molar-refractivity contribution is 14.0. The van der Waals surface area contributed by atoms with Crippen LogP contribution in [0.1, 0.15) is 50.2 Å². The van der Waals surface area contributed by atoms with Crippen molar-refractivity contribution in [3.8, 4) is 0 Å². The van der Waals surface area contributed by atoms with Gasteiger partial charge in [0.2, 0.25) is 0 Å². The number of aliphatic imine (C=N–C) groups is 1. The third kappa shape index (κ3) is 8.42. The van der Waals surface area contributed by atoms with Crippen molar-refractivity contribution in [3.05, 3.63) is 35.4 Å². The Morgan fingerprint density at radius 2 is 1.90 bits per heavy atom. The van der Waals surface area contributed by atoms with Crippen LogP contribution in [0.3, 0.4) is 0 Å². The standard InChI is InChI=1S/C22H35F3N4O.HI/c1-5-26-20(28-16-21(29(3)4)10-13-30-14-11-21)27-12-9-17(2)18-7-6-8-19(15-18)22(23,24)25;/h6-8,15,17H,5,9-14,16H2,1-4H3,(H2,26,27,28);1H. The number of hydrogen-bond donors (Lipinski definition) is 2. The van der Waals surface area contributed by atoms with Crippen LogP contribution in [0.5, 0.6) is 0 Å². The summed E-state index contributed by atoms with van der Waals surface area (Å²) in [5.74, 6) is 0.743. The van der Waals surface area contributed by atoms with E-state index in [1.165, 1.54) is 12.1 Å². The van der Waals surface area contributed by atoms with E-state index in [0.29, 0.717) is 25.1 Å². The number of halogens is 4. The van der Waals surface area contributed by atoms with E-state index in [1.807, 2.05) is 13.8 Å². The second-order valence-corrected chi connectivity index (χ2v) is 8.17. The van der Waals surface area contributed by atoms with Gasteiger partial charge in [0.05, 0.1) is 12.1 Å². The van der Waals surface area contributed by atoms with Gasteiger partial charge in [-0.15, -0.1) is 24.0 Å². The third-order valence-electron chi connectivity index (χ3n) is 5.90. The van der Waals surface area contributed by atoms with Gasteiger partial charge >= 0.3 is 6.18 Å². The van der Waals surface area contributed by atoms with Crippen LogP contribution in [0.25, 0.3) is 0 Å². The molecule has 1 aliphatic rings. The molecule has 0 saturated carbocycles. The van der Waals surface area contributed by atoms with E-state index in [1.54, 1.807) is 6.07 Å². The molecule has 1 atom stereocenters. The van der Waals surface area contributed by atoms with E-state index in [2.05, 4.69) is 29.6 Å². The Hall–Kier alpha value is -1.07. The first kappa shape index (κ1) is 28.0. The molecular weight excluding hydrogens is 520 g/mol. The van der Waals surface area contributed by atoms with Crippen molar-refractivity contribution in [1.82, 2.24) is 15.5 Å². The summed E-state index contributed by atoms with van der Waals surface area (Å²) in [6.45, 7) is 7.48. The molecule has 2 N–H and O–H groups in total. The lowest BCUT2D eigenvalue weighted by Gasteiger charge is -2.41. The number of rotatable bonds is 8. The molecule has 1 unspecified atom stereocenters. The molecule has 0 aliphatic carbocycles. The Bertz CT molecular complexity index is 692. The number of guanidine groups is 1. The molecule has 1 aromatic rings. The second kappa shape index (κ2) is 12.8. The number of ether oxygens (including phenoxy) is 1. The molecule has 1 heterocycles. The average molecular weight is 556 g/mol. The van der Waals surface area contributed by atoms with Crippen LogP contribution in [-0.2, 0) is 10.9 Å². The molecule has 1 fully saturated rings. The fourth-order valence-electron chi connectivity index (χ4n) is 3.66. The maximum absolute atomic E-state index is 13.0. The first-order valence-electron chi connectivity index (χ1n) is 10.6. The summed E-state index contributed by atoms with van der Waals surface area (Å²) in [5.41, 5.74) is 0.0915. The van der Waals surface area contributed by atoms with Crippen LogP contribution in [0.4, 0.5) is 13.2 Å². The van der Waals surface area contributed by atoms with Gasteiger partial charge in [-0.3, -0.25) is 4.99 Å². The zero-order chi connectivity index (χ0) is 22.2. The lowest BCUT2D eigenvalue weighted by molar-refractivity contribution is -0.137. The molecule has 1 aliphatic heterocycles. The molecule has 5 nitrogen and oxygen atoms in total. The van der Waals surface area contributed by atoms with E-state index in [9.17, 15) is 13.2 Å². The molecule has 0 radical (unpaired) electrons. The Labute approximate surface area is 201 Å². The van der Waals surface area contributed by atoms with Gasteiger partial charge in [0.15, 0.2) is 5.96 Å². The maximum Gasteiger partial charge on any atom is 0.416 e. The SMILES string of the molecule is CCNC(=NCC1(N(C)C)CCOCC1)NCCC(C)c1cccc(C(F)(F)F)c1.I. The molecule has 1 saturated heterocycles. The van der Waals surface area contributed by atoms with Crippen molar-refractivity contribution in [2.45, 2.75) is 50.7 Å². The quantitative estimate of drug-likeness (QED) is 0.282. The van der Waals surface area contributed by atoms with E-state index >= 15 is 0 Å². The predicted octanol–water partition coefficient (Wildman–Crippen LogP) is 4.48. The van der Waals surface area contributed by atoms with Crippen molar-refractivity contribution in [3.63, 3.8) is 0 Å². The molecule has 0 amide bonds. The van der Waals surface area contributed by atoms with Crippen LogP contribution in [0, 0.1) is 0 Å². The van der Waals surface area contributed by atoms with E-state index < -0.39 is 11.7 Å². The van der Waals surface area contributed by atoms with Gasteiger partial charge in [-0.05, 0) is 57.8 Å². The monoisotopic (exact) mass is 556 g/mol. The number of nitrogens with zero attached hydrogens (tertiary/aromatic N) is 2. The smallest absolute Gasteiger partial charge is 0.381 e. The molecule has 2 rings (SSSR count). The first-order chi connectivity index (χ1) is 14.2. The summed E-state index contributed by atoms with van der Waals surface area (Å²) in [6.07, 6.45) is -1.73. The Balaban J connectivity index is 0.00000480. The molecular formula is C22H36F3IN4O. The highest BCUT2D eigenvalue weighted by Crippen LogP contribution is 2.31. The zero-order valence-electron chi connectivity index (χ0n) is 18.9. The largest absolute Gasteiger partial charge is 0.416 e. The van der Waals surface area contributed by atoms with Gasteiger partial charge < -0.3 is 20.3 Å². The van der Waals surface area contributed by atoms with E-state index in [4.69, 9.17) is 9.73 Å². The molecule has 0 spiro atoms. The average Bonchev–Trinajstić information content (AvgIpc) is 2.72. The third-order valence-corrected chi connectivity index (χ3v) is 5.90. The molecule has 9 heteroatoms. The van der Waals surface area contributed by atoms with Gasteiger partial charge in [-0.2, -0.15) is 13.2 Å². The fraction of sp³-hybridized carbons (Fsp3) is 0.682. The van der Waals surface area contributed by atoms with Crippen LogP contribution in [0.2, 0.25) is 0 Å². The van der Waals surface area contributed by atoms with Gasteiger partial charge in [0.25, 0.3) is 0 Å². The lowest BCUT2D eigenvalue weighted by atomic mass is 9.89. The predicted molar refractivity (Wildman–Crippen MR) is 130 cm³/mol. The summed E-state index contributed by atoms with van der Waals surface area (Å²) in [7, 11) is 4.16. The van der Waals surface area contributed by atoms with Gasteiger partial charge in [0.1, 0.15) is 0 Å². The number of alkyl halides is 3. The number of hydrogen-bond acceptors (Lipinski definition) is 3. The molecule has 1 aromatic carbocycles. The van der Waals surface area contributed by atoms with Crippen LogP contribution in [-0.4, -0.2) is 63.3 Å². The molecule has 178 valence electrons. The number of benzene rings is 1. The van der Waals surface area contributed by atoms with Crippen molar-refractivity contribution < 1.29 is 17.9 Å². The minimum Gasteiger partial charge on any atom is -0.381 e. The highest BCUT2D eigenvalue weighted by Gasteiger charge is 2.34. The normalized spacial score (nSPS) is 17.7. The zero-order valence-corrected chi connectivity index (χ0v) is 21.2. The summed E-state index contributed by atoms with van der Waals surface area (Å²) < 4.78 is 44.4. The molecule has 0 aromatic heterocycles. The summed E-state index contributed by atoms with van der Waals surface area (Å²) >= 11 is 0. The fourth-order valence-corrected chi connectivity index (χ4v) is 3.66. The Kier molecular flexibility index (Phi) is 11.6. The first-order valence-corrected chi connectivity index (χ1v) is 10.6. The van der Waals surface area contributed by atoms with Crippen molar-refractivity contribution in [2.24, 2.45) is 4.99 Å². The van der Waals surface area contributed by atoms with Crippen LogP contribution >= 0.6 is 24.0 Å². The summed E-state index contributed by atoms with van der Waals surface area (Å²) in [5, 5.41) is 6.59. The summed E-state index contributed by atoms with van der Waals surface area (Å²) in [6, 6.07) is 5.59. The molecule has 0 bridgehead atoms. The van der Waals surface area contributed by atoms with Gasteiger partial charge in [-0.1, -0.05) is 25.1 Å². The van der Waals surface area contributed by atoms with Gasteiger partial charge in [0, 0.05) is 31.8 Å². The topological polar surface area (TPSA) is 48.9 Å². The van der Waals surface area contributed by atoms with Crippen LogP contribution < -0.4 is 10.6 Å². The lowest BCUT2D eigenvalue weighted by Crippen LogP contribution is -2.51.